The van der Waals surface area contributed by atoms with Crippen LogP contribution in [0.4, 0.5) is 17.1 Å². The highest BCUT2D eigenvalue weighted by Crippen LogP contribution is 2.45. The molecular formula is C32H25N. The van der Waals surface area contributed by atoms with E-state index in [4.69, 9.17) is 0 Å². The molecule has 0 aromatic heterocycles. The Morgan fingerprint density at radius 3 is 1.36 bits per heavy atom. The molecule has 0 amide bonds. The zero-order chi connectivity index (χ0) is 22.4. The van der Waals surface area contributed by atoms with Gasteiger partial charge >= 0.3 is 0 Å². The van der Waals surface area contributed by atoms with Gasteiger partial charge in [0.25, 0.3) is 0 Å². The van der Waals surface area contributed by atoms with Crippen molar-refractivity contribution in [1.29, 1.82) is 0 Å². The molecule has 0 aliphatic rings. The van der Waals surface area contributed by atoms with Crippen molar-refractivity contribution < 1.29 is 0 Å². The van der Waals surface area contributed by atoms with Crippen molar-refractivity contribution in [2.75, 3.05) is 4.90 Å². The lowest BCUT2D eigenvalue weighted by Gasteiger charge is -2.30. The Labute approximate surface area is 194 Å². The fourth-order valence-electron chi connectivity index (χ4n) is 5.05. The summed E-state index contributed by atoms with van der Waals surface area (Å²) in [6.45, 7) is 4.38. The topological polar surface area (TPSA) is 3.24 Å². The van der Waals surface area contributed by atoms with Gasteiger partial charge in [0.15, 0.2) is 0 Å². The SMILES string of the molecule is Cc1ccc(N(c2cccc3ccccc23)c2ccc(C)c3ccccc23)c2ccccc12. The van der Waals surface area contributed by atoms with Crippen LogP contribution in [0.5, 0.6) is 0 Å². The predicted molar refractivity (Wildman–Crippen MR) is 143 cm³/mol. The first-order valence-corrected chi connectivity index (χ1v) is 11.5. The molecule has 0 bridgehead atoms. The molecule has 0 heterocycles. The maximum atomic E-state index is 2.45. The van der Waals surface area contributed by atoms with Gasteiger partial charge in [0.1, 0.15) is 0 Å². The molecule has 0 spiro atoms. The molecule has 0 aliphatic heterocycles. The van der Waals surface area contributed by atoms with Crippen LogP contribution in [0.15, 0.2) is 115 Å². The summed E-state index contributed by atoms with van der Waals surface area (Å²) < 4.78 is 0. The Hall–Kier alpha value is -4.10. The molecule has 0 unspecified atom stereocenters. The molecule has 1 heteroatoms. The van der Waals surface area contributed by atoms with Crippen LogP contribution in [0.25, 0.3) is 32.3 Å². The Morgan fingerprint density at radius 1 is 0.364 bits per heavy atom. The van der Waals surface area contributed by atoms with Gasteiger partial charge < -0.3 is 4.90 Å². The van der Waals surface area contributed by atoms with Gasteiger partial charge in [-0.25, -0.2) is 0 Å². The minimum absolute atomic E-state index is 1.19. The van der Waals surface area contributed by atoms with E-state index in [1.54, 1.807) is 0 Å². The molecule has 0 aliphatic carbocycles. The van der Waals surface area contributed by atoms with Gasteiger partial charge in [-0.2, -0.15) is 0 Å². The molecule has 0 atom stereocenters. The van der Waals surface area contributed by atoms with Gasteiger partial charge in [0.2, 0.25) is 0 Å². The van der Waals surface area contributed by atoms with Gasteiger partial charge in [-0.3, -0.25) is 0 Å². The third-order valence-corrected chi connectivity index (χ3v) is 6.73. The summed E-state index contributed by atoms with van der Waals surface area (Å²) in [5.41, 5.74) is 6.17. The fourth-order valence-corrected chi connectivity index (χ4v) is 5.05. The van der Waals surface area contributed by atoms with Crippen molar-refractivity contribution in [2.24, 2.45) is 0 Å². The largest absolute Gasteiger partial charge is 0.309 e. The number of benzene rings is 6. The third kappa shape index (κ3) is 3.16. The number of hydrogen-bond acceptors (Lipinski definition) is 1. The highest BCUT2D eigenvalue weighted by atomic mass is 15.1. The number of hydrogen-bond donors (Lipinski definition) is 0. The third-order valence-electron chi connectivity index (χ3n) is 6.73. The summed E-state index contributed by atoms with van der Waals surface area (Å²) in [5.74, 6) is 0. The van der Waals surface area contributed by atoms with E-state index in [0.717, 1.165) is 0 Å². The summed E-state index contributed by atoms with van der Waals surface area (Å²) in [6.07, 6.45) is 0. The van der Waals surface area contributed by atoms with E-state index in [2.05, 4.69) is 134 Å². The molecule has 1 nitrogen and oxygen atoms in total. The van der Waals surface area contributed by atoms with Crippen molar-refractivity contribution in [3.8, 4) is 0 Å². The molecule has 0 radical (unpaired) electrons. The maximum absolute atomic E-state index is 2.45. The van der Waals surface area contributed by atoms with Gasteiger partial charge in [-0.15, -0.1) is 0 Å². The van der Waals surface area contributed by atoms with E-state index in [-0.39, 0.29) is 0 Å². The van der Waals surface area contributed by atoms with E-state index in [1.807, 2.05) is 0 Å². The number of rotatable bonds is 3. The van der Waals surface area contributed by atoms with Gasteiger partial charge in [-0.1, -0.05) is 97.1 Å². The van der Waals surface area contributed by atoms with Crippen LogP contribution in [0.3, 0.4) is 0 Å². The normalized spacial score (nSPS) is 11.3. The van der Waals surface area contributed by atoms with Crippen molar-refractivity contribution in [3.05, 3.63) is 126 Å². The molecule has 6 aromatic carbocycles. The van der Waals surface area contributed by atoms with Crippen LogP contribution in [-0.2, 0) is 0 Å². The minimum atomic E-state index is 1.19. The molecular weight excluding hydrogens is 398 g/mol. The summed E-state index contributed by atoms with van der Waals surface area (Å²) >= 11 is 0. The highest BCUT2D eigenvalue weighted by Gasteiger charge is 2.20. The van der Waals surface area contributed by atoms with E-state index in [1.165, 1.54) is 60.5 Å². The molecule has 0 N–H and O–H groups in total. The number of anilines is 3. The molecule has 6 rings (SSSR count). The second-order valence-corrected chi connectivity index (χ2v) is 8.73. The first kappa shape index (κ1) is 19.6. The molecule has 0 saturated heterocycles. The van der Waals surface area contributed by atoms with Gasteiger partial charge in [0.05, 0.1) is 17.1 Å². The van der Waals surface area contributed by atoms with Crippen molar-refractivity contribution in [1.82, 2.24) is 0 Å². The zero-order valence-electron chi connectivity index (χ0n) is 18.9. The smallest absolute Gasteiger partial charge is 0.0540 e. The van der Waals surface area contributed by atoms with E-state index in [0.29, 0.717) is 0 Å². The fraction of sp³-hybridized carbons (Fsp3) is 0.0625. The van der Waals surface area contributed by atoms with Crippen LogP contribution >= 0.6 is 0 Å². The Balaban J connectivity index is 1.76. The van der Waals surface area contributed by atoms with Crippen LogP contribution in [0.1, 0.15) is 11.1 Å². The standard InChI is InChI=1S/C32H25N/c1-22-18-20-31(28-15-7-5-12-25(22)28)33(30-17-9-11-24-10-3-4-14-27(24)30)32-21-19-23(2)26-13-6-8-16-29(26)32/h3-21H,1-2H3. The monoisotopic (exact) mass is 423 g/mol. The summed E-state index contributed by atoms with van der Waals surface area (Å²) in [5, 5.41) is 7.58. The van der Waals surface area contributed by atoms with Crippen LogP contribution < -0.4 is 4.90 Å². The Morgan fingerprint density at radius 2 is 0.788 bits per heavy atom. The second kappa shape index (κ2) is 7.79. The minimum Gasteiger partial charge on any atom is -0.309 e. The summed E-state index contributed by atoms with van der Waals surface area (Å²) in [6, 6.07) is 41.8. The average Bonchev–Trinajstić information content (AvgIpc) is 2.87. The number of fused-ring (bicyclic) bond motifs is 3. The van der Waals surface area contributed by atoms with Gasteiger partial charge in [-0.05, 0) is 59.3 Å². The average molecular weight is 424 g/mol. The molecule has 6 aromatic rings. The van der Waals surface area contributed by atoms with Crippen molar-refractivity contribution in [2.45, 2.75) is 13.8 Å². The van der Waals surface area contributed by atoms with Crippen molar-refractivity contribution in [3.63, 3.8) is 0 Å². The van der Waals surface area contributed by atoms with Gasteiger partial charge in [0, 0.05) is 16.2 Å². The van der Waals surface area contributed by atoms with E-state index < -0.39 is 0 Å². The Kier molecular flexibility index (Phi) is 4.62. The Bertz CT molecular complexity index is 1550. The highest BCUT2D eigenvalue weighted by molar-refractivity contribution is 6.09. The van der Waals surface area contributed by atoms with Crippen LogP contribution in [-0.4, -0.2) is 0 Å². The molecule has 0 fully saturated rings. The van der Waals surface area contributed by atoms with E-state index >= 15 is 0 Å². The predicted octanol–water partition coefficient (Wildman–Crippen LogP) is 9.23. The van der Waals surface area contributed by atoms with E-state index in [9.17, 15) is 0 Å². The lowest BCUT2D eigenvalue weighted by Crippen LogP contribution is -2.12. The first-order chi connectivity index (χ1) is 16.2. The number of nitrogens with zero attached hydrogens (tertiary/aromatic N) is 1. The molecule has 33 heavy (non-hydrogen) atoms. The summed E-state index contributed by atoms with van der Waals surface area (Å²) in [4.78, 5) is 2.45. The van der Waals surface area contributed by atoms with Crippen LogP contribution in [0, 0.1) is 13.8 Å². The maximum Gasteiger partial charge on any atom is 0.0540 e. The summed E-state index contributed by atoms with van der Waals surface area (Å²) in [7, 11) is 0. The zero-order valence-corrected chi connectivity index (χ0v) is 18.9. The molecule has 0 saturated carbocycles. The lowest BCUT2D eigenvalue weighted by molar-refractivity contribution is 1.32. The first-order valence-electron chi connectivity index (χ1n) is 11.5. The number of aryl methyl sites for hydroxylation is 2. The second-order valence-electron chi connectivity index (χ2n) is 8.73. The quantitative estimate of drug-likeness (QED) is 0.274. The lowest BCUT2D eigenvalue weighted by atomic mass is 9.98. The van der Waals surface area contributed by atoms with Crippen molar-refractivity contribution >= 4 is 49.4 Å². The molecule has 158 valence electrons. The van der Waals surface area contributed by atoms with Crippen LogP contribution in [0.2, 0.25) is 0 Å².